The van der Waals surface area contributed by atoms with E-state index in [1.807, 2.05) is 18.4 Å². The van der Waals surface area contributed by atoms with Crippen LogP contribution in [-0.4, -0.2) is 6.26 Å². The summed E-state index contributed by atoms with van der Waals surface area (Å²) < 4.78 is 2.14. The molecule has 0 atom stereocenters. The molecule has 0 saturated heterocycles. The second-order valence-electron chi connectivity index (χ2n) is 2.71. The molecule has 1 heterocycles. The van der Waals surface area contributed by atoms with E-state index in [-0.39, 0.29) is 0 Å². The molecule has 0 saturated carbocycles. The van der Waals surface area contributed by atoms with Crippen molar-refractivity contribution in [3.05, 3.63) is 27.5 Å². The van der Waals surface area contributed by atoms with Gasteiger partial charge in [0.1, 0.15) is 6.07 Å². The Morgan fingerprint density at radius 1 is 1.50 bits per heavy atom. The molecule has 1 nitrogen and oxygen atoms in total. The highest BCUT2D eigenvalue weighted by Gasteiger charge is 2.10. The van der Waals surface area contributed by atoms with Crippen molar-refractivity contribution in [3.63, 3.8) is 0 Å². The summed E-state index contributed by atoms with van der Waals surface area (Å²) in [5.74, 6) is 0. The van der Waals surface area contributed by atoms with Gasteiger partial charge < -0.3 is 0 Å². The number of thioether (sulfide) groups is 1. The van der Waals surface area contributed by atoms with E-state index in [4.69, 9.17) is 5.26 Å². The number of thiophene rings is 1. The van der Waals surface area contributed by atoms with E-state index in [0.29, 0.717) is 0 Å². The number of rotatable bonds is 1. The first-order chi connectivity index (χ1) is 6.77. The molecule has 0 unspecified atom stereocenters. The van der Waals surface area contributed by atoms with E-state index in [2.05, 4.69) is 27.4 Å². The lowest BCUT2D eigenvalue weighted by Crippen LogP contribution is -1.76. The molecule has 4 heteroatoms. The highest BCUT2D eigenvalue weighted by atomic mass is 79.9. The molecule has 2 rings (SSSR count). The van der Waals surface area contributed by atoms with Gasteiger partial charge in [-0.05, 0) is 18.4 Å². The normalized spacial score (nSPS) is 10.4. The molecule has 2 aromatic rings. The van der Waals surface area contributed by atoms with Gasteiger partial charge >= 0.3 is 0 Å². The third kappa shape index (κ3) is 1.46. The van der Waals surface area contributed by atoms with Crippen molar-refractivity contribution < 1.29 is 0 Å². The van der Waals surface area contributed by atoms with E-state index in [0.717, 1.165) is 14.7 Å². The van der Waals surface area contributed by atoms with Crippen LogP contribution in [0.3, 0.4) is 0 Å². The highest BCUT2D eigenvalue weighted by molar-refractivity contribution is 9.10. The zero-order chi connectivity index (χ0) is 10.1. The lowest BCUT2D eigenvalue weighted by molar-refractivity contribution is 1.50. The van der Waals surface area contributed by atoms with Gasteiger partial charge in [-0.2, -0.15) is 5.26 Å². The fourth-order valence-corrected chi connectivity index (χ4v) is 4.06. The highest BCUT2D eigenvalue weighted by Crippen LogP contribution is 2.38. The fourth-order valence-electron chi connectivity index (χ4n) is 1.32. The van der Waals surface area contributed by atoms with Crippen LogP contribution in [0, 0.1) is 11.3 Å². The van der Waals surface area contributed by atoms with Crippen molar-refractivity contribution in [3.8, 4) is 6.07 Å². The van der Waals surface area contributed by atoms with Gasteiger partial charge in [-0.3, -0.25) is 0 Å². The molecule has 0 aliphatic carbocycles. The maximum absolute atomic E-state index is 8.94. The number of benzene rings is 1. The summed E-state index contributed by atoms with van der Waals surface area (Å²) in [6, 6.07) is 6.01. The first kappa shape index (κ1) is 10.0. The minimum absolute atomic E-state index is 0.758. The maximum atomic E-state index is 8.94. The Morgan fingerprint density at radius 2 is 2.29 bits per heavy atom. The summed E-state index contributed by atoms with van der Waals surface area (Å²) in [6.45, 7) is 0. The SMILES string of the molecule is CSc1csc2c(C#N)ccc(Br)c12. The fraction of sp³-hybridized carbons (Fsp3) is 0.100. The summed E-state index contributed by atoms with van der Waals surface area (Å²) in [5, 5.41) is 12.2. The second-order valence-corrected chi connectivity index (χ2v) is 5.30. The lowest BCUT2D eigenvalue weighted by Gasteiger charge is -1.98. The third-order valence-electron chi connectivity index (χ3n) is 1.98. The van der Waals surface area contributed by atoms with E-state index in [9.17, 15) is 0 Å². The van der Waals surface area contributed by atoms with Crippen LogP contribution in [0.5, 0.6) is 0 Å². The van der Waals surface area contributed by atoms with Crippen molar-refractivity contribution in [1.82, 2.24) is 0 Å². The molecular formula is C10H6BrNS2. The Hall–Kier alpha value is -0.500. The Labute approximate surface area is 98.9 Å². The van der Waals surface area contributed by atoms with Gasteiger partial charge in [0.2, 0.25) is 0 Å². The predicted octanol–water partition coefficient (Wildman–Crippen LogP) is 4.26. The molecule has 0 bridgehead atoms. The molecule has 0 radical (unpaired) electrons. The zero-order valence-corrected chi connectivity index (χ0v) is 10.6. The molecule has 0 amide bonds. The van der Waals surface area contributed by atoms with Crippen LogP contribution in [0.4, 0.5) is 0 Å². The van der Waals surface area contributed by atoms with Crippen molar-refractivity contribution in [2.75, 3.05) is 6.26 Å². The Kier molecular flexibility index (Phi) is 2.82. The smallest absolute Gasteiger partial charge is 0.101 e. The number of nitriles is 1. The van der Waals surface area contributed by atoms with Crippen LogP contribution in [0.15, 0.2) is 26.9 Å². The average molecular weight is 284 g/mol. The number of hydrogen-bond donors (Lipinski definition) is 0. The summed E-state index contributed by atoms with van der Waals surface area (Å²) in [7, 11) is 0. The Morgan fingerprint density at radius 3 is 2.93 bits per heavy atom. The van der Waals surface area contributed by atoms with Gasteiger partial charge in [-0.25, -0.2) is 0 Å². The molecule has 0 N–H and O–H groups in total. The molecule has 0 aliphatic rings. The molecule has 1 aromatic heterocycles. The van der Waals surface area contributed by atoms with E-state index in [1.165, 1.54) is 10.3 Å². The van der Waals surface area contributed by atoms with E-state index in [1.54, 1.807) is 23.1 Å². The van der Waals surface area contributed by atoms with Gasteiger partial charge in [0.05, 0.1) is 10.3 Å². The van der Waals surface area contributed by atoms with Crippen LogP contribution in [0.2, 0.25) is 0 Å². The molecule has 1 aromatic carbocycles. The first-order valence-corrected chi connectivity index (χ1v) is 6.81. The van der Waals surface area contributed by atoms with Crippen molar-refractivity contribution in [1.29, 1.82) is 5.26 Å². The minimum atomic E-state index is 0.758. The van der Waals surface area contributed by atoms with Gasteiger partial charge in [-0.15, -0.1) is 23.1 Å². The largest absolute Gasteiger partial charge is 0.192 e. The monoisotopic (exact) mass is 283 g/mol. The number of nitrogens with zero attached hydrogens (tertiary/aromatic N) is 1. The van der Waals surface area contributed by atoms with Crippen LogP contribution < -0.4 is 0 Å². The number of halogens is 1. The summed E-state index contributed by atoms with van der Waals surface area (Å²) in [4.78, 5) is 1.23. The molecule has 70 valence electrons. The number of fused-ring (bicyclic) bond motifs is 1. The summed E-state index contributed by atoms with van der Waals surface area (Å²) >= 11 is 6.85. The van der Waals surface area contributed by atoms with Crippen LogP contribution in [0.1, 0.15) is 5.56 Å². The van der Waals surface area contributed by atoms with Crippen LogP contribution in [-0.2, 0) is 0 Å². The Balaban J connectivity index is 2.89. The standard InChI is InChI=1S/C10H6BrNS2/c1-13-8-5-14-10-6(4-12)2-3-7(11)9(8)10/h2-3,5H,1H3. The summed E-state index contributed by atoms with van der Waals surface area (Å²) in [5.41, 5.74) is 0.758. The van der Waals surface area contributed by atoms with Crippen molar-refractivity contribution in [2.45, 2.75) is 4.90 Å². The van der Waals surface area contributed by atoms with Gasteiger partial charge in [0, 0.05) is 20.1 Å². The lowest BCUT2D eigenvalue weighted by atomic mass is 10.2. The van der Waals surface area contributed by atoms with E-state index < -0.39 is 0 Å². The van der Waals surface area contributed by atoms with E-state index >= 15 is 0 Å². The van der Waals surface area contributed by atoms with Crippen LogP contribution >= 0.6 is 39.0 Å². The molecule has 14 heavy (non-hydrogen) atoms. The van der Waals surface area contributed by atoms with Crippen molar-refractivity contribution in [2.24, 2.45) is 0 Å². The zero-order valence-electron chi connectivity index (χ0n) is 7.37. The maximum Gasteiger partial charge on any atom is 0.101 e. The molecule has 0 fully saturated rings. The van der Waals surface area contributed by atoms with Crippen LogP contribution in [0.25, 0.3) is 10.1 Å². The van der Waals surface area contributed by atoms with Gasteiger partial charge in [-0.1, -0.05) is 15.9 Å². The Bertz CT molecular complexity index is 525. The quantitative estimate of drug-likeness (QED) is 0.731. The first-order valence-electron chi connectivity index (χ1n) is 3.91. The molecular weight excluding hydrogens is 278 g/mol. The summed E-state index contributed by atoms with van der Waals surface area (Å²) in [6.07, 6.45) is 2.05. The average Bonchev–Trinajstić information content (AvgIpc) is 2.63. The van der Waals surface area contributed by atoms with Gasteiger partial charge in [0.15, 0.2) is 0 Å². The van der Waals surface area contributed by atoms with Gasteiger partial charge in [0.25, 0.3) is 0 Å². The number of hydrogen-bond acceptors (Lipinski definition) is 3. The minimum Gasteiger partial charge on any atom is -0.192 e. The molecule has 0 spiro atoms. The van der Waals surface area contributed by atoms with Crippen molar-refractivity contribution >= 4 is 49.1 Å². The third-order valence-corrected chi connectivity index (χ3v) is 4.56. The second kappa shape index (κ2) is 3.93. The predicted molar refractivity (Wildman–Crippen MR) is 66.0 cm³/mol. The topological polar surface area (TPSA) is 23.8 Å². The molecule has 0 aliphatic heterocycles.